The molecule has 0 fully saturated rings. The van der Waals surface area contributed by atoms with E-state index in [0.29, 0.717) is 11.6 Å². The highest BCUT2D eigenvalue weighted by atomic mass is 19.1. The molecule has 1 unspecified atom stereocenters. The van der Waals surface area contributed by atoms with Crippen molar-refractivity contribution in [2.75, 3.05) is 10.3 Å². The number of amides is 2. The predicted molar refractivity (Wildman–Crippen MR) is 147 cm³/mol. The van der Waals surface area contributed by atoms with Gasteiger partial charge in [0.15, 0.2) is 0 Å². The van der Waals surface area contributed by atoms with Gasteiger partial charge in [0.1, 0.15) is 5.82 Å². The van der Waals surface area contributed by atoms with Gasteiger partial charge < -0.3 is 16.1 Å². The molecule has 3 aliphatic rings. The lowest BCUT2D eigenvalue weighted by molar-refractivity contribution is 0.246. The van der Waals surface area contributed by atoms with Gasteiger partial charge in [-0.3, -0.25) is 9.99 Å². The van der Waals surface area contributed by atoms with Crippen LogP contribution in [0.4, 0.5) is 20.6 Å². The summed E-state index contributed by atoms with van der Waals surface area (Å²) < 4.78 is 13.5. The van der Waals surface area contributed by atoms with Crippen molar-refractivity contribution >= 4 is 17.4 Å². The Kier molecular flexibility index (Phi) is 6.42. The van der Waals surface area contributed by atoms with Crippen LogP contribution in [-0.2, 0) is 0 Å². The van der Waals surface area contributed by atoms with E-state index in [9.17, 15) is 9.18 Å². The van der Waals surface area contributed by atoms with Crippen LogP contribution in [0.3, 0.4) is 0 Å². The molecule has 0 radical (unpaired) electrons. The number of benzene rings is 2. The van der Waals surface area contributed by atoms with E-state index in [1.165, 1.54) is 28.9 Å². The minimum Gasteiger partial charge on any atom is -0.331 e. The highest BCUT2D eigenvalue weighted by Crippen LogP contribution is 2.49. The third-order valence-electron chi connectivity index (χ3n) is 7.75. The zero-order valence-electron chi connectivity index (χ0n) is 21.2. The molecule has 2 aliphatic carbocycles. The molecule has 7 heteroatoms. The van der Waals surface area contributed by atoms with Gasteiger partial charge in [0, 0.05) is 35.8 Å². The monoisotopic (exact) mass is 507 g/mol. The van der Waals surface area contributed by atoms with Gasteiger partial charge >= 0.3 is 6.03 Å². The fourth-order valence-electron chi connectivity index (χ4n) is 5.97. The van der Waals surface area contributed by atoms with Gasteiger partial charge in [-0.15, -0.1) is 0 Å². The molecule has 0 saturated heterocycles. The van der Waals surface area contributed by atoms with Crippen molar-refractivity contribution < 1.29 is 9.18 Å². The minimum atomic E-state index is -0.244. The van der Waals surface area contributed by atoms with E-state index in [0.717, 1.165) is 36.2 Å². The summed E-state index contributed by atoms with van der Waals surface area (Å²) in [5.74, 6) is 0.356. The van der Waals surface area contributed by atoms with Crippen LogP contribution in [0, 0.1) is 17.7 Å². The van der Waals surface area contributed by atoms with Gasteiger partial charge in [0.05, 0.1) is 17.4 Å². The fraction of sp³-hybridized carbons (Fsp3) is 0.226. The predicted octanol–water partition coefficient (Wildman–Crippen LogP) is 6.62. The van der Waals surface area contributed by atoms with Crippen LogP contribution < -0.4 is 21.1 Å². The molecular weight excluding hydrogens is 477 g/mol. The molecule has 0 spiro atoms. The number of fused-ring (bicyclic) bond motifs is 1. The van der Waals surface area contributed by atoms with E-state index in [2.05, 4.69) is 52.4 Å². The van der Waals surface area contributed by atoms with E-state index in [4.69, 9.17) is 0 Å². The Morgan fingerprint density at radius 1 is 1.11 bits per heavy atom. The molecule has 3 N–H and O–H groups in total. The number of allylic oxidation sites excluding steroid dienone is 4. The SMILES string of the molecule is C[C@H]1C2=CNN(c3ccc(F)cc3)C2=CC2=C1[C@@H](CC(NC(=O)Nc1ccncc1)c1ccccc1)CC2. The number of nitrogens with one attached hydrogen (secondary N) is 3. The number of carbonyl (C=O) groups is 1. The average molecular weight is 508 g/mol. The zero-order valence-corrected chi connectivity index (χ0v) is 21.2. The first-order chi connectivity index (χ1) is 18.6. The molecule has 192 valence electrons. The molecule has 1 aromatic heterocycles. The Bertz CT molecular complexity index is 1420. The van der Waals surface area contributed by atoms with E-state index in [1.807, 2.05) is 23.2 Å². The summed E-state index contributed by atoms with van der Waals surface area (Å²) in [4.78, 5) is 17.0. The molecule has 2 heterocycles. The number of aromatic nitrogens is 1. The number of rotatable bonds is 6. The molecule has 6 rings (SSSR count). The van der Waals surface area contributed by atoms with Crippen molar-refractivity contribution in [3.05, 3.63) is 125 Å². The van der Waals surface area contributed by atoms with Crippen molar-refractivity contribution in [2.45, 2.75) is 32.2 Å². The maximum Gasteiger partial charge on any atom is 0.319 e. The second-order valence-corrected chi connectivity index (χ2v) is 10.0. The summed E-state index contributed by atoms with van der Waals surface area (Å²) in [6.07, 6.45) is 10.5. The van der Waals surface area contributed by atoms with Crippen LogP contribution in [0.2, 0.25) is 0 Å². The number of nitrogens with zero attached hydrogens (tertiary/aromatic N) is 2. The van der Waals surface area contributed by atoms with Crippen molar-refractivity contribution in [3.8, 4) is 0 Å². The van der Waals surface area contributed by atoms with Crippen LogP contribution >= 0.6 is 0 Å². The molecule has 0 bridgehead atoms. The summed E-state index contributed by atoms with van der Waals surface area (Å²) in [5.41, 5.74) is 11.3. The Balaban J connectivity index is 1.24. The molecule has 3 aromatic rings. The summed E-state index contributed by atoms with van der Waals surface area (Å²) in [5, 5.41) is 8.18. The number of pyridine rings is 1. The van der Waals surface area contributed by atoms with Gasteiger partial charge in [-0.05, 0) is 78.8 Å². The number of halogens is 1. The average Bonchev–Trinajstić information content (AvgIpc) is 3.55. The Morgan fingerprint density at radius 2 is 1.87 bits per heavy atom. The maximum atomic E-state index is 13.5. The number of urea groups is 1. The molecule has 38 heavy (non-hydrogen) atoms. The first kappa shape index (κ1) is 24.0. The second kappa shape index (κ2) is 10.2. The van der Waals surface area contributed by atoms with Gasteiger partial charge in [0.2, 0.25) is 0 Å². The van der Waals surface area contributed by atoms with Gasteiger partial charge in [0.25, 0.3) is 0 Å². The minimum absolute atomic E-state index is 0.126. The van der Waals surface area contributed by atoms with E-state index in [-0.39, 0.29) is 23.8 Å². The van der Waals surface area contributed by atoms with Crippen molar-refractivity contribution in [2.24, 2.45) is 11.8 Å². The molecule has 2 amide bonds. The molecule has 0 saturated carbocycles. The second-order valence-electron chi connectivity index (χ2n) is 10.0. The normalized spacial score (nSPS) is 20.6. The first-order valence-corrected chi connectivity index (χ1v) is 13.1. The molecule has 3 atom stereocenters. The van der Waals surface area contributed by atoms with Crippen LogP contribution in [0.25, 0.3) is 0 Å². The van der Waals surface area contributed by atoms with Crippen molar-refractivity contribution in [1.29, 1.82) is 0 Å². The number of hydrazine groups is 1. The Labute approximate surface area is 221 Å². The standard InChI is InChI=1S/C31H30FN5O/c1-20-27-19-34-37(26-11-9-24(32)10-12-26)29(27)18-23-8-7-22(30(20)23)17-28(21-5-3-2-4-6-21)36-31(38)35-25-13-15-33-16-14-25/h2-6,9-16,18-20,22,28,34H,7-8,17H2,1H3,(H2,33,35,36,38)/t20-,22+,28?/m0/s1. The fourth-order valence-corrected chi connectivity index (χ4v) is 5.97. The number of hydrogen-bond acceptors (Lipinski definition) is 4. The highest BCUT2D eigenvalue weighted by molar-refractivity contribution is 5.89. The third kappa shape index (κ3) is 4.67. The number of hydrogen-bond donors (Lipinski definition) is 3. The third-order valence-corrected chi connectivity index (χ3v) is 7.75. The van der Waals surface area contributed by atoms with Crippen LogP contribution in [0.1, 0.15) is 37.8 Å². The van der Waals surface area contributed by atoms with E-state index < -0.39 is 0 Å². The van der Waals surface area contributed by atoms with Crippen molar-refractivity contribution in [3.63, 3.8) is 0 Å². The zero-order chi connectivity index (χ0) is 26.1. The number of anilines is 2. The van der Waals surface area contributed by atoms with Crippen LogP contribution in [0.15, 0.2) is 114 Å². The summed E-state index contributed by atoms with van der Waals surface area (Å²) in [6, 6.07) is 19.9. The molecule has 2 aromatic carbocycles. The van der Waals surface area contributed by atoms with Gasteiger partial charge in [-0.1, -0.05) is 42.8 Å². The molecule has 1 aliphatic heterocycles. The highest BCUT2D eigenvalue weighted by Gasteiger charge is 2.39. The first-order valence-electron chi connectivity index (χ1n) is 13.1. The number of carbonyl (C=O) groups excluding carboxylic acids is 1. The lowest BCUT2D eigenvalue weighted by Gasteiger charge is -2.31. The summed E-state index contributed by atoms with van der Waals surface area (Å²) >= 11 is 0. The lowest BCUT2D eigenvalue weighted by atomic mass is 9.78. The molecule has 6 nitrogen and oxygen atoms in total. The Hall–Kier alpha value is -4.39. The summed E-state index contributed by atoms with van der Waals surface area (Å²) in [7, 11) is 0. The van der Waals surface area contributed by atoms with Crippen LogP contribution in [0.5, 0.6) is 0 Å². The van der Waals surface area contributed by atoms with E-state index in [1.54, 1.807) is 36.7 Å². The summed E-state index contributed by atoms with van der Waals surface area (Å²) in [6.45, 7) is 2.27. The van der Waals surface area contributed by atoms with E-state index >= 15 is 0 Å². The van der Waals surface area contributed by atoms with Crippen LogP contribution in [-0.4, -0.2) is 11.0 Å². The maximum absolute atomic E-state index is 13.5. The van der Waals surface area contributed by atoms with Gasteiger partial charge in [-0.2, -0.15) is 0 Å². The topological polar surface area (TPSA) is 69.3 Å². The van der Waals surface area contributed by atoms with Crippen molar-refractivity contribution in [1.82, 2.24) is 15.7 Å². The largest absolute Gasteiger partial charge is 0.331 e. The van der Waals surface area contributed by atoms with Gasteiger partial charge in [-0.25, -0.2) is 9.18 Å². The quantitative estimate of drug-likeness (QED) is 0.351. The molecular formula is C31H30FN5O. The Morgan fingerprint density at radius 3 is 2.63 bits per heavy atom. The lowest BCUT2D eigenvalue weighted by Crippen LogP contribution is -2.34. The smallest absolute Gasteiger partial charge is 0.319 e.